The first kappa shape index (κ1) is 13.9. The van der Waals surface area contributed by atoms with Crippen molar-refractivity contribution in [2.75, 3.05) is 33.7 Å². The zero-order valence-electron chi connectivity index (χ0n) is 10.5. The second-order valence-corrected chi connectivity index (χ2v) is 4.28. The molecule has 0 amide bonds. The van der Waals surface area contributed by atoms with Gasteiger partial charge in [0.1, 0.15) is 0 Å². The van der Waals surface area contributed by atoms with Crippen molar-refractivity contribution in [3.8, 4) is 0 Å². The van der Waals surface area contributed by atoms with Crippen LogP contribution in [-0.2, 0) is 0 Å². The Balaban J connectivity index is 3.57. The first-order valence-corrected chi connectivity index (χ1v) is 6.07. The minimum Gasteiger partial charge on any atom is -0.318 e. The van der Waals surface area contributed by atoms with E-state index in [-0.39, 0.29) is 0 Å². The van der Waals surface area contributed by atoms with Gasteiger partial charge in [0.15, 0.2) is 0 Å². The summed E-state index contributed by atoms with van der Waals surface area (Å²) in [5, 5.41) is 3.19. The molecule has 0 spiro atoms. The van der Waals surface area contributed by atoms with E-state index in [0.717, 1.165) is 12.5 Å². The monoisotopic (exact) mass is 200 g/mol. The number of rotatable bonds is 9. The lowest BCUT2D eigenvalue weighted by Gasteiger charge is -2.22. The molecule has 0 saturated heterocycles. The first-order chi connectivity index (χ1) is 6.74. The third-order valence-electron chi connectivity index (χ3n) is 2.86. The molecule has 0 aliphatic heterocycles. The average molecular weight is 200 g/mol. The lowest BCUT2D eigenvalue weighted by molar-refractivity contribution is 0.261. The molecule has 0 aromatic rings. The van der Waals surface area contributed by atoms with Crippen LogP contribution in [-0.4, -0.2) is 38.6 Å². The van der Waals surface area contributed by atoms with Gasteiger partial charge in [0.2, 0.25) is 0 Å². The quantitative estimate of drug-likeness (QED) is 0.614. The Bertz CT molecular complexity index is 115. The summed E-state index contributed by atoms with van der Waals surface area (Å²) in [6, 6.07) is 0. The van der Waals surface area contributed by atoms with E-state index in [0.29, 0.717) is 0 Å². The Morgan fingerprint density at radius 3 is 2.50 bits per heavy atom. The maximum atomic E-state index is 3.19. The number of nitrogens with one attached hydrogen (secondary N) is 1. The fourth-order valence-corrected chi connectivity index (χ4v) is 1.75. The highest BCUT2D eigenvalue weighted by atomic mass is 15.1. The van der Waals surface area contributed by atoms with Gasteiger partial charge in [0.05, 0.1) is 0 Å². The number of likely N-dealkylation sites (N-methyl/N-ethyl adjacent to an activating group) is 2. The standard InChI is InChI=1S/C12H28N2/c1-5-7-8-12(6-2)11-14(4)10-9-13-3/h12-13H,5-11H2,1-4H3. The summed E-state index contributed by atoms with van der Waals surface area (Å²) in [6.45, 7) is 8.11. The van der Waals surface area contributed by atoms with E-state index in [1.54, 1.807) is 0 Å². The van der Waals surface area contributed by atoms with Crippen LogP contribution in [0.15, 0.2) is 0 Å². The summed E-state index contributed by atoms with van der Waals surface area (Å²) in [5.74, 6) is 0.900. The van der Waals surface area contributed by atoms with Crippen LogP contribution >= 0.6 is 0 Å². The van der Waals surface area contributed by atoms with Gasteiger partial charge in [-0.1, -0.05) is 33.1 Å². The highest BCUT2D eigenvalue weighted by molar-refractivity contribution is 4.63. The van der Waals surface area contributed by atoms with Crippen LogP contribution in [0.4, 0.5) is 0 Å². The minimum atomic E-state index is 0.900. The molecule has 1 N–H and O–H groups in total. The second kappa shape index (κ2) is 9.47. The minimum absolute atomic E-state index is 0.900. The molecular formula is C12H28N2. The number of hydrogen-bond donors (Lipinski definition) is 1. The molecule has 2 heteroatoms. The molecule has 14 heavy (non-hydrogen) atoms. The number of hydrogen-bond acceptors (Lipinski definition) is 2. The molecule has 0 radical (unpaired) electrons. The van der Waals surface area contributed by atoms with E-state index in [2.05, 4.69) is 31.1 Å². The Morgan fingerprint density at radius 1 is 1.29 bits per heavy atom. The molecule has 0 rings (SSSR count). The molecule has 1 atom stereocenters. The van der Waals surface area contributed by atoms with Gasteiger partial charge in [0, 0.05) is 19.6 Å². The predicted octanol–water partition coefficient (Wildman–Crippen LogP) is 2.35. The number of nitrogens with zero attached hydrogens (tertiary/aromatic N) is 1. The van der Waals surface area contributed by atoms with Crippen molar-refractivity contribution in [3.05, 3.63) is 0 Å². The summed E-state index contributed by atoms with van der Waals surface area (Å²) in [5.41, 5.74) is 0. The van der Waals surface area contributed by atoms with Crippen molar-refractivity contribution in [3.63, 3.8) is 0 Å². The lowest BCUT2D eigenvalue weighted by atomic mass is 9.99. The van der Waals surface area contributed by atoms with Crippen LogP contribution in [0.1, 0.15) is 39.5 Å². The zero-order valence-corrected chi connectivity index (χ0v) is 10.5. The first-order valence-electron chi connectivity index (χ1n) is 6.07. The van der Waals surface area contributed by atoms with Crippen LogP contribution < -0.4 is 5.32 Å². The molecule has 86 valence electrons. The Morgan fingerprint density at radius 2 is 2.00 bits per heavy atom. The smallest absolute Gasteiger partial charge is 0.0104 e. The van der Waals surface area contributed by atoms with E-state index < -0.39 is 0 Å². The summed E-state index contributed by atoms with van der Waals surface area (Å²) >= 11 is 0. The molecule has 0 bridgehead atoms. The van der Waals surface area contributed by atoms with Crippen LogP contribution in [0.5, 0.6) is 0 Å². The van der Waals surface area contributed by atoms with Crippen LogP contribution in [0.3, 0.4) is 0 Å². The molecule has 0 aromatic carbocycles. The molecule has 0 aromatic heterocycles. The fraction of sp³-hybridized carbons (Fsp3) is 1.00. The maximum Gasteiger partial charge on any atom is 0.0104 e. The summed E-state index contributed by atoms with van der Waals surface area (Å²) in [7, 11) is 4.24. The Kier molecular flexibility index (Phi) is 9.42. The van der Waals surface area contributed by atoms with Gasteiger partial charge < -0.3 is 10.2 Å². The normalized spacial score (nSPS) is 13.5. The third kappa shape index (κ3) is 7.34. The highest BCUT2D eigenvalue weighted by Gasteiger charge is 2.08. The highest BCUT2D eigenvalue weighted by Crippen LogP contribution is 2.13. The fourth-order valence-electron chi connectivity index (χ4n) is 1.75. The van der Waals surface area contributed by atoms with Crippen molar-refractivity contribution >= 4 is 0 Å². The van der Waals surface area contributed by atoms with Crippen LogP contribution in [0.2, 0.25) is 0 Å². The largest absolute Gasteiger partial charge is 0.318 e. The zero-order chi connectivity index (χ0) is 10.8. The molecule has 0 fully saturated rings. The van der Waals surface area contributed by atoms with Crippen molar-refractivity contribution in [1.29, 1.82) is 0 Å². The number of unbranched alkanes of at least 4 members (excludes halogenated alkanes) is 1. The molecule has 0 heterocycles. The average Bonchev–Trinajstić information content (AvgIpc) is 2.21. The van der Waals surface area contributed by atoms with Gasteiger partial charge in [-0.15, -0.1) is 0 Å². The summed E-state index contributed by atoms with van der Waals surface area (Å²) < 4.78 is 0. The molecule has 0 aliphatic carbocycles. The Labute approximate surface area is 90.1 Å². The van der Waals surface area contributed by atoms with Gasteiger partial charge >= 0.3 is 0 Å². The second-order valence-electron chi connectivity index (χ2n) is 4.28. The van der Waals surface area contributed by atoms with Crippen LogP contribution in [0.25, 0.3) is 0 Å². The van der Waals surface area contributed by atoms with Gasteiger partial charge in [0.25, 0.3) is 0 Å². The van der Waals surface area contributed by atoms with Crippen molar-refractivity contribution < 1.29 is 0 Å². The summed E-state index contributed by atoms with van der Waals surface area (Å²) in [6.07, 6.45) is 5.44. The van der Waals surface area contributed by atoms with Gasteiger partial charge in [-0.05, 0) is 26.4 Å². The van der Waals surface area contributed by atoms with Gasteiger partial charge in [-0.25, -0.2) is 0 Å². The topological polar surface area (TPSA) is 15.3 Å². The molecule has 2 nitrogen and oxygen atoms in total. The van der Waals surface area contributed by atoms with Crippen molar-refractivity contribution in [2.45, 2.75) is 39.5 Å². The van der Waals surface area contributed by atoms with Gasteiger partial charge in [-0.2, -0.15) is 0 Å². The summed E-state index contributed by atoms with van der Waals surface area (Å²) in [4.78, 5) is 2.44. The molecule has 0 saturated carbocycles. The SMILES string of the molecule is CCCCC(CC)CN(C)CCNC. The maximum absolute atomic E-state index is 3.19. The van der Waals surface area contributed by atoms with E-state index in [9.17, 15) is 0 Å². The van der Waals surface area contributed by atoms with E-state index in [1.807, 2.05) is 7.05 Å². The predicted molar refractivity (Wildman–Crippen MR) is 64.7 cm³/mol. The van der Waals surface area contributed by atoms with E-state index >= 15 is 0 Å². The molecule has 0 aliphatic rings. The third-order valence-corrected chi connectivity index (χ3v) is 2.86. The van der Waals surface area contributed by atoms with E-state index in [1.165, 1.54) is 38.8 Å². The van der Waals surface area contributed by atoms with Crippen LogP contribution in [0, 0.1) is 5.92 Å². The van der Waals surface area contributed by atoms with Crippen molar-refractivity contribution in [1.82, 2.24) is 10.2 Å². The molecular weight excluding hydrogens is 172 g/mol. The molecule has 1 unspecified atom stereocenters. The van der Waals surface area contributed by atoms with E-state index in [4.69, 9.17) is 0 Å². The lowest BCUT2D eigenvalue weighted by Crippen LogP contribution is -2.31. The van der Waals surface area contributed by atoms with Crippen molar-refractivity contribution in [2.24, 2.45) is 5.92 Å². The van der Waals surface area contributed by atoms with Gasteiger partial charge in [-0.3, -0.25) is 0 Å². The Hall–Kier alpha value is -0.0800.